The minimum atomic E-state index is -0.404. The summed E-state index contributed by atoms with van der Waals surface area (Å²) in [6.07, 6.45) is 6.19. The molecule has 3 rings (SSSR count). The molecule has 1 aliphatic rings. The van der Waals surface area contributed by atoms with Crippen LogP contribution in [-0.2, 0) is 24.2 Å². The number of allylic oxidation sites excluding steroid dienone is 1. The molecule has 0 saturated heterocycles. The Morgan fingerprint density at radius 2 is 2.25 bits per heavy atom. The Balaban J connectivity index is 1.97. The zero-order chi connectivity index (χ0) is 20.3. The van der Waals surface area contributed by atoms with E-state index in [0.29, 0.717) is 24.7 Å². The van der Waals surface area contributed by atoms with E-state index in [1.165, 1.54) is 22.2 Å². The minimum Gasteiger partial charge on any atom is -0.344 e. The van der Waals surface area contributed by atoms with Crippen molar-refractivity contribution in [3.63, 3.8) is 0 Å². The number of hydrogen-bond donors (Lipinski definition) is 0. The average Bonchev–Trinajstić information content (AvgIpc) is 3.06. The highest BCUT2D eigenvalue weighted by atomic mass is 32.2. The summed E-state index contributed by atoms with van der Waals surface area (Å²) in [5, 5.41) is 9.61. The molecule has 6 nitrogen and oxygen atoms in total. The molecule has 148 valence electrons. The molecule has 2 aromatic heterocycles. The van der Waals surface area contributed by atoms with Crippen molar-refractivity contribution in [2.45, 2.75) is 56.0 Å². The van der Waals surface area contributed by atoms with Crippen LogP contribution in [0.25, 0.3) is 10.2 Å². The molecule has 1 aliphatic carbocycles. The smallest absolute Gasteiger partial charge is 0.263 e. The predicted octanol–water partition coefficient (Wildman–Crippen LogP) is 3.38. The SMILES string of the molecule is C=CCn1c(S[C@@H](C)C(=O)N(C)CCC#N)nc2sc3c(c2c1=O)CCCC3. The standard InChI is InChI=1S/C20H24N4O2S2/c1-4-11-24-19(26)16-14-8-5-6-9-15(14)28-17(16)22-20(24)27-13(2)18(25)23(3)12-7-10-21/h4,13H,1,5-9,11-12H2,2-3H3/t13-/m0/s1. The molecule has 0 spiro atoms. The maximum absolute atomic E-state index is 13.2. The first-order valence-corrected chi connectivity index (χ1v) is 11.1. The first-order chi connectivity index (χ1) is 13.5. The van der Waals surface area contributed by atoms with E-state index in [1.54, 1.807) is 33.9 Å². The fraction of sp³-hybridized carbons (Fsp3) is 0.500. The topological polar surface area (TPSA) is 79.0 Å². The normalized spacial score (nSPS) is 14.3. The van der Waals surface area contributed by atoms with E-state index < -0.39 is 5.25 Å². The molecule has 28 heavy (non-hydrogen) atoms. The van der Waals surface area contributed by atoms with Gasteiger partial charge in [0.1, 0.15) is 4.83 Å². The summed E-state index contributed by atoms with van der Waals surface area (Å²) in [7, 11) is 1.69. The number of nitrogens with zero attached hydrogens (tertiary/aromatic N) is 4. The van der Waals surface area contributed by atoms with Gasteiger partial charge in [-0.05, 0) is 38.2 Å². The summed E-state index contributed by atoms with van der Waals surface area (Å²) in [4.78, 5) is 34.2. The average molecular weight is 417 g/mol. The summed E-state index contributed by atoms with van der Waals surface area (Å²) >= 11 is 2.90. The van der Waals surface area contributed by atoms with Gasteiger partial charge in [0.2, 0.25) is 5.91 Å². The Labute approximate surface area is 172 Å². The van der Waals surface area contributed by atoms with Gasteiger partial charge < -0.3 is 4.90 Å². The third kappa shape index (κ3) is 4.01. The van der Waals surface area contributed by atoms with E-state index in [9.17, 15) is 9.59 Å². The molecular weight excluding hydrogens is 392 g/mol. The van der Waals surface area contributed by atoms with Crippen molar-refractivity contribution in [1.82, 2.24) is 14.5 Å². The van der Waals surface area contributed by atoms with Gasteiger partial charge in [-0.3, -0.25) is 14.2 Å². The van der Waals surface area contributed by atoms with Crippen molar-refractivity contribution in [3.8, 4) is 6.07 Å². The largest absolute Gasteiger partial charge is 0.344 e. The quantitative estimate of drug-likeness (QED) is 0.393. The molecular formula is C20H24N4O2S2. The van der Waals surface area contributed by atoms with Crippen LogP contribution < -0.4 is 5.56 Å². The summed E-state index contributed by atoms with van der Waals surface area (Å²) in [6, 6.07) is 2.05. The second kappa shape index (κ2) is 8.93. The fourth-order valence-corrected chi connectivity index (χ4v) is 5.78. The molecule has 0 unspecified atom stereocenters. The van der Waals surface area contributed by atoms with Crippen molar-refractivity contribution < 1.29 is 4.79 Å². The maximum Gasteiger partial charge on any atom is 0.263 e. The van der Waals surface area contributed by atoms with Crippen LogP contribution in [0, 0.1) is 11.3 Å². The third-order valence-corrected chi connectivity index (χ3v) is 7.18. The van der Waals surface area contributed by atoms with Crippen molar-refractivity contribution in [3.05, 3.63) is 33.4 Å². The van der Waals surface area contributed by atoms with E-state index >= 15 is 0 Å². The van der Waals surface area contributed by atoms with E-state index in [4.69, 9.17) is 10.2 Å². The Kier molecular flexibility index (Phi) is 6.57. The van der Waals surface area contributed by atoms with Crippen LogP contribution in [0.5, 0.6) is 0 Å². The van der Waals surface area contributed by atoms with Crippen molar-refractivity contribution >= 4 is 39.2 Å². The van der Waals surface area contributed by atoms with E-state index in [1.807, 2.05) is 6.92 Å². The van der Waals surface area contributed by atoms with Gasteiger partial charge in [-0.15, -0.1) is 17.9 Å². The molecule has 0 radical (unpaired) electrons. The highest BCUT2D eigenvalue weighted by Crippen LogP contribution is 2.35. The zero-order valence-corrected chi connectivity index (χ0v) is 17.9. The van der Waals surface area contributed by atoms with E-state index in [-0.39, 0.29) is 11.5 Å². The van der Waals surface area contributed by atoms with Crippen LogP contribution >= 0.6 is 23.1 Å². The number of aryl methyl sites for hydroxylation is 2. The number of thiophene rings is 1. The predicted molar refractivity (Wildman–Crippen MR) is 114 cm³/mol. The van der Waals surface area contributed by atoms with Crippen LogP contribution in [0.4, 0.5) is 0 Å². The van der Waals surface area contributed by atoms with Gasteiger partial charge >= 0.3 is 0 Å². The first-order valence-electron chi connectivity index (χ1n) is 9.42. The number of hydrogen-bond acceptors (Lipinski definition) is 6. The lowest BCUT2D eigenvalue weighted by Crippen LogP contribution is -2.34. The lowest BCUT2D eigenvalue weighted by molar-refractivity contribution is -0.128. The Bertz CT molecular complexity index is 1000. The number of carbonyl (C=O) groups is 1. The molecule has 8 heteroatoms. The van der Waals surface area contributed by atoms with Gasteiger partial charge in [0.25, 0.3) is 5.56 Å². The number of carbonyl (C=O) groups excluding carboxylic acids is 1. The number of thioether (sulfide) groups is 1. The lowest BCUT2D eigenvalue weighted by atomic mass is 9.97. The number of nitriles is 1. The second-order valence-electron chi connectivity index (χ2n) is 6.92. The zero-order valence-electron chi connectivity index (χ0n) is 16.2. The number of aromatic nitrogens is 2. The number of amides is 1. The summed E-state index contributed by atoms with van der Waals surface area (Å²) in [5.74, 6) is -0.0785. The third-order valence-electron chi connectivity index (χ3n) is 4.92. The minimum absolute atomic E-state index is 0.0377. The summed E-state index contributed by atoms with van der Waals surface area (Å²) in [5.41, 5.74) is 1.13. The Morgan fingerprint density at radius 3 is 2.96 bits per heavy atom. The van der Waals surface area contributed by atoms with Gasteiger partial charge in [-0.25, -0.2) is 4.98 Å². The van der Waals surface area contributed by atoms with Crippen LogP contribution in [0.1, 0.15) is 36.6 Å². The van der Waals surface area contributed by atoms with E-state index in [0.717, 1.165) is 35.9 Å². The van der Waals surface area contributed by atoms with Gasteiger partial charge in [0.15, 0.2) is 5.16 Å². The van der Waals surface area contributed by atoms with Crippen molar-refractivity contribution in [1.29, 1.82) is 5.26 Å². The Hall–Kier alpha value is -2.11. The molecule has 0 fully saturated rings. The van der Waals surface area contributed by atoms with Crippen LogP contribution in [0.3, 0.4) is 0 Å². The lowest BCUT2D eigenvalue weighted by Gasteiger charge is -2.20. The maximum atomic E-state index is 13.2. The van der Waals surface area contributed by atoms with Gasteiger partial charge in [-0.1, -0.05) is 17.8 Å². The molecule has 2 heterocycles. The molecule has 1 amide bonds. The Morgan fingerprint density at radius 1 is 1.50 bits per heavy atom. The van der Waals surface area contributed by atoms with Gasteiger partial charge in [0.05, 0.1) is 23.1 Å². The van der Waals surface area contributed by atoms with Gasteiger partial charge in [0, 0.05) is 25.0 Å². The molecule has 0 saturated carbocycles. The van der Waals surface area contributed by atoms with Crippen molar-refractivity contribution in [2.75, 3.05) is 13.6 Å². The molecule has 0 N–H and O–H groups in total. The second-order valence-corrected chi connectivity index (χ2v) is 9.31. The van der Waals surface area contributed by atoms with Gasteiger partial charge in [-0.2, -0.15) is 5.26 Å². The monoisotopic (exact) mass is 416 g/mol. The molecule has 1 atom stereocenters. The van der Waals surface area contributed by atoms with Crippen molar-refractivity contribution in [2.24, 2.45) is 0 Å². The summed E-state index contributed by atoms with van der Waals surface area (Å²) < 4.78 is 1.63. The number of rotatable bonds is 7. The molecule has 0 aliphatic heterocycles. The molecule has 0 bridgehead atoms. The molecule has 0 aromatic carbocycles. The first kappa shape index (κ1) is 20.6. The van der Waals surface area contributed by atoms with Crippen LogP contribution in [-0.4, -0.2) is 39.2 Å². The highest BCUT2D eigenvalue weighted by Gasteiger charge is 2.25. The summed E-state index contributed by atoms with van der Waals surface area (Å²) in [6.45, 7) is 6.33. The fourth-order valence-electron chi connectivity index (χ4n) is 3.45. The molecule has 2 aromatic rings. The van der Waals surface area contributed by atoms with E-state index in [2.05, 4.69) is 12.6 Å². The van der Waals surface area contributed by atoms with Crippen LogP contribution in [0.15, 0.2) is 22.6 Å². The number of fused-ring (bicyclic) bond motifs is 3. The van der Waals surface area contributed by atoms with Crippen LogP contribution in [0.2, 0.25) is 0 Å². The highest BCUT2D eigenvalue weighted by molar-refractivity contribution is 8.00.